The number of hydrogen-bond donors (Lipinski definition) is 2. The van der Waals surface area contributed by atoms with Gasteiger partial charge in [-0.05, 0) is 37.1 Å². The second-order valence-electron chi connectivity index (χ2n) is 7.99. The summed E-state index contributed by atoms with van der Waals surface area (Å²) in [5, 5.41) is 22.5. The Morgan fingerprint density at radius 1 is 1.42 bits per heavy atom. The zero-order valence-electron chi connectivity index (χ0n) is 17.3. The van der Waals surface area contributed by atoms with Crippen LogP contribution in [0, 0.1) is 18.3 Å². The molecule has 0 aliphatic carbocycles. The van der Waals surface area contributed by atoms with Crippen LogP contribution in [0.1, 0.15) is 55.6 Å². The Kier molecular flexibility index (Phi) is 6.09. The molecule has 1 fully saturated rings. The zero-order chi connectivity index (χ0) is 22.0. The summed E-state index contributed by atoms with van der Waals surface area (Å²) in [6.07, 6.45) is 1.57. The Balaban J connectivity index is 1.29. The van der Waals surface area contributed by atoms with Gasteiger partial charge < -0.3 is 15.2 Å². The maximum Gasteiger partial charge on any atom is 0.338 e. The van der Waals surface area contributed by atoms with Gasteiger partial charge in [-0.3, -0.25) is 14.7 Å². The smallest absolute Gasteiger partial charge is 0.338 e. The number of carbonyl (C=O) groups is 2. The van der Waals surface area contributed by atoms with Gasteiger partial charge in [-0.1, -0.05) is 6.07 Å². The van der Waals surface area contributed by atoms with Crippen LogP contribution < -0.4 is 5.32 Å². The van der Waals surface area contributed by atoms with Gasteiger partial charge in [0.1, 0.15) is 18.8 Å². The van der Waals surface area contributed by atoms with E-state index >= 15 is 0 Å². The molecular formula is C23H24N4O4. The minimum atomic E-state index is -0.762. The normalized spacial score (nSPS) is 19.0. The molecule has 1 aromatic carbocycles. The van der Waals surface area contributed by atoms with Crippen LogP contribution in [0.3, 0.4) is 0 Å². The third-order valence-corrected chi connectivity index (χ3v) is 5.96. The average molecular weight is 420 g/mol. The summed E-state index contributed by atoms with van der Waals surface area (Å²) in [5.74, 6) is -0.300. The first kappa shape index (κ1) is 21.1. The predicted octanol–water partition coefficient (Wildman–Crippen LogP) is 1.51. The number of esters is 1. The number of likely N-dealkylation sites (tertiary alicyclic amines) is 1. The van der Waals surface area contributed by atoms with Crippen LogP contribution >= 0.6 is 0 Å². The molecule has 2 aromatic rings. The summed E-state index contributed by atoms with van der Waals surface area (Å²) in [5.41, 5.74) is 3.79. The summed E-state index contributed by atoms with van der Waals surface area (Å²) in [6, 6.07) is 8.87. The molecule has 3 heterocycles. The second kappa shape index (κ2) is 8.94. The van der Waals surface area contributed by atoms with E-state index in [0.29, 0.717) is 42.0 Å². The van der Waals surface area contributed by atoms with E-state index in [1.807, 2.05) is 13.0 Å². The summed E-state index contributed by atoms with van der Waals surface area (Å²) in [7, 11) is 0. The third kappa shape index (κ3) is 4.49. The van der Waals surface area contributed by atoms with Crippen molar-refractivity contribution in [1.29, 1.82) is 5.26 Å². The van der Waals surface area contributed by atoms with Crippen LogP contribution in [0.2, 0.25) is 0 Å². The quantitative estimate of drug-likeness (QED) is 0.512. The van der Waals surface area contributed by atoms with Gasteiger partial charge in [-0.15, -0.1) is 0 Å². The standard InChI is InChI=1S/C23H24N4O4/c1-14-17(3-4-18-19(14)13-31-23(18)30)22(29)12-27-7-6-16(11-27)25-10-21(28)20-5-2-15(8-24)9-26-20/h2-5,9,16,21,25,28H,6-7,10-13H2,1H3/t16-,21?/m0/s1. The van der Waals surface area contributed by atoms with Gasteiger partial charge in [-0.25, -0.2) is 4.79 Å². The highest BCUT2D eigenvalue weighted by molar-refractivity contribution is 6.02. The number of pyridine rings is 1. The van der Waals surface area contributed by atoms with Crippen molar-refractivity contribution in [1.82, 2.24) is 15.2 Å². The van der Waals surface area contributed by atoms with Crippen LogP contribution in [0.15, 0.2) is 30.5 Å². The van der Waals surface area contributed by atoms with E-state index < -0.39 is 6.10 Å². The number of aliphatic hydroxyl groups excluding tert-OH is 1. The lowest BCUT2D eigenvalue weighted by Gasteiger charge is -2.18. The fraction of sp³-hybridized carbons (Fsp3) is 0.391. The Labute approximate surface area is 180 Å². The minimum absolute atomic E-state index is 0.0297. The lowest BCUT2D eigenvalue weighted by Crippen LogP contribution is -2.36. The molecule has 2 aliphatic rings. The van der Waals surface area contributed by atoms with Crippen molar-refractivity contribution in [2.24, 2.45) is 0 Å². The molecule has 2 aliphatic heterocycles. The number of ketones is 1. The predicted molar refractivity (Wildman–Crippen MR) is 111 cm³/mol. The number of fused-ring (bicyclic) bond motifs is 1. The number of hydrogen-bond acceptors (Lipinski definition) is 8. The number of aliphatic hydroxyl groups is 1. The fourth-order valence-electron chi connectivity index (χ4n) is 4.13. The van der Waals surface area contributed by atoms with Crippen molar-refractivity contribution in [2.45, 2.75) is 32.1 Å². The van der Waals surface area contributed by atoms with Gasteiger partial charge in [-0.2, -0.15) is 5.26 Å². The zero-order valence-corrected chi connectivity index (χ0v) is 17.3. The van der Waals surface area contributed by atoms with E-state index in [0.717, 1.165) is 24.1 Å². The molecule has 0 amide bonds. The first-order chi connectivity index (χ1) is 15.0. The number of cyclic esters (lactones) is 1. The highest BCUT2D eigenvalue weighted by atomic mass is 16.5. The van der Waals surface area contributed by atoms with E-state index in [-0.39, 0.29) is 24.4 Å². The topological polar surface area (TPSA) is 116 Å². The number of nitrogens with one attached hydrogen (secondary N) is 1. The van der Waals surface area contributed by atoms with E-state index in [4.69, 9.17) is 10.00 Å². The minimum Gasteiger partial charge on any atom is -0.457 e. The lowest BCUT2D eigenvalue weighted by molar-refractivity contribution is 0.0535. The molecule has 2 atom stereocenters. The molecule has 0 radical (unpaired) electrons. The molecule has 1 saturated heterocycles. The number of nitriles is 1. The number of nitrogens with zero attached hydrogens (tertiary/aromatic N) is 3. The largest absolute Gasteiger partial charge is 0.457 e. The summed E-state index contributed by atoms with van der Waals surface area (Å²) < 4.78 is 5.07. The number of aromatic nitrogens is 1. The van der Waals surface area contributed by atoms with Crippen LogP contribution in [0.25, 0.3) is 0 Å². The molecule has 1 aromatic heterocycles. The monoisotopic (exact) mass is 420 g/mol. The molecule has 4 rings (SSSR count). The van der Waals surface area contributed by atoms with E-state index in [1.54, 1.807) is 24.3 Å². The van der Waals surface area contributed by atoms with Crippen LogP contribution in [-0.4, -0.2) is 59.0 Å². The molecule has 0 spiro atoms. The summed E-state index contributed by atoms with van der Waals surface area (Å²) in [6.45, 7) is 4.26. The van der Waals surface area contributed by atoms with Crippen molar-refractivity contribution in [2.75, 3.05) is 26.2 Å². The van der Waals surface area contributed by atoms with E-state index in [9.17, 15) is 14.7 Å². The highest BCUT2D eigenvalue weighted by Gasteiger charge is 2.28. The average Bonchev–Trinajstić information content (AvgIpc) is 3.39. The molecule has 2 N–H and O–H groups in total. The molecule has 0 bridgehead atoms. The van der Waals surface area contributed by atoms with Gasteiger partial charge in [0.2, 0.25) is 0 Å². The van der Waals surface area contributed by atoms with Gasteiger partial charge >= 0.3 is 5.97 Å². The maximum atomic E-state index is 12.9. The molecule has 8 heteroatoms. The van der Waals surface area contributed by atoms with Crippen molar-refractivity contribution < 1.29 is 19.4 Å². The van der Waals surface area contributed by atoms with E-state index in [2.05, 4.69) is 15.2 Å². The Morgan fingerprint density at radius 2 is 2.26 bits per heavy atom. The van der Waals surface area contributed by atoms with Gasteiger partial charge in [0.05, 0.1) is 23.4 Å². The molecule has 31 heavy (non-hydrogen) atoms. The fourth-order valence-corrected chi connectivity index (χ4v) is 4.13. The number of carbonyl (C=O) groups excluding carboxylic acids is 2. The summed E-state index contributed by atoms with van der Waals surface area (Å²) >= 11 is 0. The Bertz CT molecular complexity index is 1040. The Morgan fingerprint density at radius 3 is 3.00 bits per heavy atom. The number of Topliss-reactive ketones (excluding diaryl/α,β-unsaturated/α-hetero) is 1. The van der Waals surface area contributed by atoms with Gasteiger partial charge in [0, 0.05) is 43.0 Å². The van der Waals surface area contributed by atoms with Crippen LogP contribution in [0.5, 0.6) is 0 Å². The molecule has 1 unspecified atom stereocenters. The number of benzene rings is 1. The first-order valence-corrected chi connectivity index (χ1v) is 10.3. The van der Waals surface area contributed by atoms with Gasteiger partial charge in [0.25, 0.3) is 0 Å². The lowest BCUT2D eigenvalue weighted by atomic mass is 9.96. The van der Waals surface area contributed by atoms with Crippen molar-refractivity contribution >= 4 is 11.8 Å². The van der Waals surface area contributed by atoms with Crippen LogP contribution in [0.4, 0.5) is 0 Å². The second-order valence-corrected chi connectivity index (χ2v) is 7.99. The van der Waals surface area contributed by atoms with Crippen molar-refractivity contribution in [3.05, 3.63) is 64.0 Å². The highest BCUT2D eigenvalue weighted by Crippen LogP contribution is 2.26. The SMILES string of the molecule is Cc1c(C(=O)CN2CC[C@H](NCC(O)c3ccc(C#N)cn3)C2)ccc2c1COC2=O. The molecule has 160 valence electrons. The molecule has 8 nitrogen and oxygen atoms in total. The number of rotatable bonds is 7. The Hall–Kier alpha value is -3.12. The van der Waals surface area contributed by atoms with Crippen LogP contribution in [-0.2, 0) is 11.3 Å². The molecule has 0 saturated carbocycles. The third-order valence-electron chi connectivity index (χ3n) is 5.96. The van der Waals surface area contributed by atoms with Crippen molar-refractivity contribution in [3.8, 4) is 6.07 Å². The van der Waals surface area contributed by atoms with Gasteiger partial charge in [0.15, 0.2) is 5.78 Å². The summed E-state index contributed by atoms with van der Waals surface area (Å²) in [4.78, 5) is 30.8. The first-order valence-electron chi connectivity index (χ1n) is 10.3. The van der Waals surface area contributed by atoms with Crippen molar-refractivity contribution in [3.63, 3.8) is 0 Å². The number of ether oxygens (including phenoxy) is 1. The molecular weight excluding hydrogens is 396 g/mol. The van der Waals surface area contributed by atoms with E-state index in [1.165, 1.54) is 6.20 Å². The maximum absolute atomic E-state index is 12.9.